The van der Waals surface area contributed by atoms with Gasteiger partial charge in [-0.15, -0.1) is 0 Å². The SMILES string of the molecule is NC(=O)c1ccc([N+](=O)[O-])cc1Nc1ccc(I)cc1F. The number of nitrogens with one attached hydrogen (secondary N) is 1. The van der Waals surface area contributed by atoms with Crippen LogP contribution in [0, 0.1) is 19.5 Å². The molecule has 0 heterocycles. The van der Waals surface area contributed by atoms with Crippen molar-refractivity contribution in [3.05, 3.63) is 61.5 Å². The lowest BCUT2D eigenvalue weighted by Crippen LogP contribution is -2.13. The van der Waals surface area contributed by atoms with Crippen LogP contribution in [0.2, 0.25) is 0 Å². The van der Waals surface area contributed by atoms with E-state index in [1.54, 1.807) is 6.07 Å². The Morgan fingerprint density at radius 1 is 1.24 bits per heavy atom. The predicted molar refractivity (Wildman–Crippen MR) is 84.0 cm³/mol. The minimum Gasteiger partial charge on any atom is -0.366 e. The van der Waals surface area contributed by atoms with Crippen molar-refractivity contribution < 1.29 is 14.1 Å². The molecule has 6 nitrogen and oxygen atoms in total. The Bertz CT molecular complexity index is 737. The molecule has 2 rings (SSSR count). The van der Waals surface area contributed by atoms with Gasteiger partial charge in [0.2, 0.25) is 0 Å². The number of non-ortho nitro benzene ring substituents is 1. The lowest BCUT2D eigenvalue weighted by atomic mass is 10.1. The molecule has 0 radical (unpaired) electrons. The Kier molecular flexibility index (Phi) is 4.36. The lowest BCUT2D eigenvalue weighted by Gasteiger charge is -2.11. The van der Waals surface area contributed by atoms with Crippen LogP contribution in [0.15, 0.2) is 36.4 Å². The molecule has 0 saturated heterocycles. The molecule has 8 heteroatoms. The van der Waals surface area contributed by atoms with Gasteiger partial charge in [-0.25, -0.2) is 4.39 Å². The zero-order valence-corrected chi connectivity index (χ0v) is 12.6. The highest BCUT2D eigenvalue weighted by Gasteiger charge is 2.15. The average Bonchev–Trinajstić information content (AvgIpc) is 2.41. The smallest absolute Gasteiger partial charge is 0.271 e. The third kappa shape index (κ3) is 3.45. The first-order valence-corrected chi connectivity index (χ1v) is 6.76. The number of amides is 1. The van der Waals surface area contributed by atoms with Crippen molar-refractivity contribution in [2.24, 2.45) is 5.73 Å². The van der Waals surface area contributed by atoms with E-state index in [-0.39, 0.29) is 22.6 Å². The van der Waals surface area contributed by atoms with Crippen molar-refractivity contribution in [1.29, 1.82) is 0 Å². The van der Waals surface area contributed by atoms with E-state index in [4.69, 9.17) is 5.73 Å². The van der Waals surface area contributed by atoms with Crippen LogP contribution in [0.3, 0.4) is 0 Å². The molecule has 0 aliphatic rings. The monoisotopic (exact) mass is 401 g/mol. The molecule has 21 heavy (non-hydrogen) atoms. The van der Waals surface area contributed by atoms with E-state index in [1.165, 1.54) is 18.2 Å². The minimum atomic E-state index is -0.765. The summed E-state index contributed by atoms with van der Waals surface area (Å²) in [5.74, 6) is -1.30. The van der Waals surface area contributed by atoms with Crippen molar-refractivity contribution in [2.75, 3.05) is 5.32 Å². The number of nitro benzene ring substituents is 1. The van der Waals surface area contributed by atoms with Crippen LogP contribution >= 0.6 is 22.6 Å². The molecule has 0 aliphatic heterocycles. The maximum absolute atomic E-state index is 13.8. The lowest BCUT2D eigenvalue weighted by molar-refractivity contribution is -0.384. The van der Waals surface area contributed by atoms with E-state index in [0.29, 0.717) is 3.57 Å². The number of rotatable bonds is 4. The number of nitro groups is 1. The number of carbonyl (C=O) groups excluding carboxylic acids is 1. The second kappa shape index (κ2) is 6.04. The van der Waals surface area contributed by atoms with Crippen LogP contribution in [0.4, 0.5) is 21.5 Å². The number of anilines is 2. The maximum Gasteiger partial charge on any atom is 0.271 e. The summed E-state index contributed by atoms with van der Waals surface area (Å²) in [4.78, 5) is 21.5. The second-order valence-corrected chi connectivity index (χ2v) is 5.35. The normalized spacial score (nSPS) is 10.2. The van der Waals surface area contributed by atoms with Gasteiger partial charge in [0.25, 0.3) is 11.6 Å². The molecule has 0 atom stereocenters. The number of halogens is 2. The van der Waals surface area contributed by atoms with Crippen LogP contribution in [-0.4, -0.2) is 10.8 Å². The molecular weight excluding hydrogens is 392 g/mol. The zero-order chi connectivity index (χ0) is 15.6. The molecule has 2 aromatic rings. The van der Waals surface area contributed by atoms with Gasteiger partial charge in [-0.05, 0) is 46.9 Å². The van der Waals surface area contributed by atoms with E-state index in [1.807, 2.05) is 22.6 Å². The number of primary amides is 1. The molecule has 0 saturated carbocycles. The van der Waals surface area contributed by atoms with E-state index in [2.05, 4.69) is 5.32 Å². The van der Waals surface area contributed by atoms with Crippen LogP contribution in [0.1, 0.15) is 10.4 Å². The number of benzene rings is 2. The molecule has 2 aromatic carbocycles. The summed E-state index contributed by atoms with van der Waals surface area (Å²) in [7, 11) is 0. The molecule has 3 N–H and O–H groups in total. The third-order valence-corrected chi connectivity index (χ3v) is 3.35. The Morgan fingerprint density at radius 3 is 2.52 bits per heavy atom. The Morgan fingerprint density at radius 2 is 1.95 bits per heavy atom. The van der Waals surface area contributed by atoms with Crippen LogP contribution in [0.5, 0.6) is 0 Å². The summed E-state index contributed by atoms with van der Waals surface area (Å²) >= 11 is 1.95. The van der Waals surface area contributed by atoms with Gasteiger partial charge >= 0.3 is 0 Å². The van der Waals surface area contributed by atoms with Gasteiger partial charge in [-0.2, -0.15) is 0 Å². The maximum atomic E-state index is 13.8. The van der Waals surface area contributed by atoms with Crippen molar-refractivity contribution in [1.82, 2.24) is 0 Å². The number of carbonyl (C=O) groups is 1. The highest BCUT2D eigenvalue weighted by molar-refractivity contribution is 14.1. The highest BCUT2D eigenvalue weighted by atomic mass is 127. The zero-order valence-electron chi connectivity index (χ0n) is 10.5. The fourth-order valence-corrected chi connectivity index (χ4v) is 2.15. The van der Waals surface area contributed by atoms with Gasteiger partial charge < -0.3 is 11.1 Å². The molecule has 0 spiro atoms. The van der Waals surface area contributed by atoms with Gasteiger partial charge in [-0.3, -0.25) is 14.9 Å². The molecule has 0 unspecified atom stereocenters. The number of nitrogens with two attached hydrogens (primary N) is 1. The topological polar surface area (TPSA) is 98.3 Å². The van der Waals surface area contributed by atoms with Crippen molar-refractivity contribution in [3.8, 4) is 0 Å². The van der Waals surface area contributed by atoms with E-state index < -0.39 is 16.6 Å². The first-order valence-electron chi connectivity index (χ1n) is 5.69. The highest BCUT2D eigenvalue weighted by Crippen LogP contribution is 2.27. The first-order chi connectivity index (χ1) is 9.88. The first kappa shape index (κ1) is 15.2. The molecule has 0 aliphatic carbocycles. The molecule has 108 valence electrons. The predicted octanol–water partition coefficient (Wildman–Crippen LogP) is 3.18. The third-order valence-electron chi connectivity index (χ3n) is 2.68. The standard InChI is InChI=1S/C13H9FIN3O3/c14-10-5-7(15)1-4-11(10)17-12-6-8(18(20)21)2-3-9(12)13(16)19/h1-6,17H,(H2,16,19). The molecule has 0 aromatic heterocycles. The van der Waals surface area contributed by atoms with E-state index in [0.717, 1.165) is 12.1 Å². The number of nitrogens with zero attached hydrogens (tertiary/aromatic N) is 1. The van der Waals surface area contributed by atoms with Gasteiger partial charge in [0, 0.05) is 15.7 Å². The fraction of sp³-hybridized carbons (Fsp3) is 0. The molecule has 0 fully saturated rings. The number of hydrogen-bond acceptors (Lipinski definition) is 4. The summed E-state index contributed by atoms with van der Waals surface area (Å²) in [6, 6.07) is 7.96. The summed E-state index contributed by atoms with van der Waals surface area (Å²) in [5, 5.41) is 13.4. The van der Waals surface area contributed by atoms with Gasteiger partial charge in [-0.1, -0.05) is 0 Å². The van der Waals surface area contributed by atoms with Crippen molar-refractivity contribution in [2.45, 2.75) is 0 Å². The Balaban J connectivity index is 2.48. The van der Waals surface area contributed by atoms with E-state index in [9.17, 15) is 19.3 Å². The van der Waals surface area contributed by atoms with Gasteiger partial charge in [0.05, 0.1) is 21.9 Å². The quantitative estimate of drug-likeness (QED) is 0.467. The Labute approximate surface area is 132 Å². The fourth-order valence-electron chi connectivity index (χ4n) is 1.70. The largest absolute Gasteiger partial charge is 0.366 e. The van der Waals surface area contributed by atoms with Crippen LogP contribution in [-0.2, 0) is 0 Å². The molecule has 0 bridgehead atoms. The summed E-state index contributed by atoms with van der Waals surface area (Å²) in [6.45, 7) is 0. The number of hydrogen-bond donors (Lipinski definition) is 2. The molecular formula is C13H9FIN3O3. The van der Waals surface area contributed by atoms with Gasteiger partial charge in [0.1, 0.15) is 5.82 Å². The van der Waals surface area contributed by atoms with Crippen LogP contribution in [0.25, 0.3) is 0 Å². The summed E-state index contributed by atoms with van der Waals surface area (Å²) in [6.07, 6.45) is 0. The summed E-state index contributed by atoms with van der Waals surface area (Å²) < 4.78 is 14.5. The molecule has 1 amide bonds. The van der Waals surface area contributed by atoms with E-state index >= 15 is 0 Å². The van der Waals surface area contributed by atoms with Crippen molar-refractivity contribution >= 4 is 45.6 Å². The summed E-state index contributed by atoms with van der Waals surface area (Å²) in [5.41, 5.74) is 5.20. The Hall–Kier alpha value is -2.23. The second-order valence-electron chi connectivity index (χ2n) is 4.10. The minimum absolute atomic E-state index is 0.0403. The van der Waals surface area contributed by atoms with Crippen molar-refractivity contribution in [3.63, 3.8) is 0 Å². The average molecular weight is 401 g/mol. The van der Waals surface area contributed by atoms with Gasteiger partial charge in [0.15, 0.2) is 0 Å². The van der Waals surface area contributed by atoms with Crippen LogP contribution < -0.4 is 11.1 Å².